The summed E-state index contributed by atoms with van der Waals surface area (Å²) in [4.78, 5) is 120. The van der Waals surface area contributed by atoms with E-state index in [4.69, 9.17) is 62.8 Å². The molecule has 34 nitrogen and oxygen atoms in total. The van der Waals surface area contributed by atoms with Crippen molar-refractivity contribution in [1.82, 2.24) is 83.8 Å². The minimum Gasteiger partial charge on any atom is -0.468 e. The molecule has 0 atom stereocenters. The van der Waals surface area contributed by atoms with E-state index in [1.165, 1.54) is 37.2 Å². The number of aromatic amines is 4. The molecule has 129 heavy (non-hydrogen) atoms. The summed E-state index contributed by atoms with van der Waals surface area (Å²) in [6.07, 6.45) is 7.10. The van der Waals surface area contributed by atoms with Crippen LogP contribution in [0.25, 0.3) is 44.7 Å². The van der Waals surface area contributed by atoms with Gasteiger partial charge in [0.05, 0.1) is 73.9 Å². The Morgan fingerprint density at radius 2 is 0.775 bits per heavy atom. The number of halogens is 7. The number of likely N-dealkylation sites (tertiary alicyclic amines) is 1. The molecule has 5 aromatic carbocycles. The summed E-state index contributed by atoms with van der Waals surface area (Å²) in [5, 5.41) is 10.9. The Kier molecular flexibility index (Phi) is 49.9. The highest BCUT2D eigenvalue weighted by Gasteiger charge is 2.25. The Morgan fingerprint density at radius 1 is 0.465 bits per heavy atom. The molecule has 0 unspecified atom stereocenters. The minimum absolute atomic E-state index is 0. The number of nitriles is 1. The average Bonchev–Trinajstić information content (AvgIpc) is 1.64. The van der Waals surface area contributed by atoms with Gasteiger partial charge in [0, 0.05) is 39.2 Å². The van der Waals surface area contributed by atoms with Crippen LogP contribution in [0.5, 0.6) is 36.1 Å². The highest BCUT2D eigenvalue weighted by Crippen LogP contribution is 2.26. The topological polar surface area (TPSA) is 491 Å². The molecule has 13 aromatic rings. The van der Waals surface area contributed by atoms with Crippen LogP contribution in [0.2, 0.25) is 0 Å². The van der Waals surface area contributed by atoms with E-state index < -0.39 is 19.6 Å². The first-order chi connectivity index (χ1) is 61.3. The molecule has 0 bridgehead atoms. The number of methoxy groups -OCH3 is 2. The molecule has 0 saturated carbocycles. The maximum Gasteiger partial charge on any atom is 0.446 e. The molecule has 0 spiro atoms. The smallest absolute Gasteiger partial charge is 0.446 e. The van der Waals surface area contributed by atoms with Crippen molar-refractivity contribution in [2.45, 2.75) is 156 Å². The number of carbonyl (C=O) groups excluding carboxylic acids is 4. The molecule has 12 N–H and O–H groups in total. The first-order valence-corrected chi connectivity index (χ1v) is 42.8. The van der Waals surface area contributed by atoms with Gasteiger partial charge in [-0.15, -0.1) is 0 Å². The highest BCUT2D eigenvalue weighted by molar-refractivity contribution is 9.09. The van der Waals surface area contributed by atoms with Crippen molar-refractivity contribution in [3.8, 4) is 42.1 Å². The van der Waals surface area contributed by atoms with Crippen molar-refractivity contribution in [2.24, 2.45) is 0 Å². The molecule has 1 saturated heterocycles. The number of H-pyrrole nitrogens is 4. The van der Waals surface area contributed by atoms with Crippen molar-refractivity contribution in [2.75, 3.05) is 83.8 Å². The molecule has 0 radical (unpaired) electrons. The summed E-state index contributed by atoms with van der Waals surface area (Å²) in [7, 11) is 2.03. The van der Waals surface area contributed by atoms with Gasteiger partial charge in [-0.05, 0) is 115 Å². The van der Waals surface area contributed by atoms with Crippen molar-refractivity contribution < 1.29 is 66.5 Å². The average molecular weight is 1990 g/mol. The van der Waals surface area contributed by atoms with Gasteiger partial charge in [0.25, 0.3) is 12.0 Å². The van der Waals surface area contributed by atoms with Gasteiger partial charge in [-0.3, -0.25) is 37.6 Å². The fourth-order valence-electron chi connectivity index (χ4n) is 11.2. The van der Waals surface area contributed by atoms with Crippen molar-refractivity contribution >= 4 is 141 Å². The number of aromatic nitrogens is 16. The van der Waals surface area contributed by atoms with Crippen LogP contribution in [0, 0.1) is 11.3 Å². The van der Waals surface area contributed by atoms with Crippen LogP contribution in [0.1, 0.15) is 186 Å². The molecule has 1 aliphatic rings. The number of imidazole rings is 4. The van der Waals surface area contributed by atoms with Gasteiger partial charge in [0.2, 0.25) is 6.29 Å². The van der Waals surface area contributed by atoms with E-state index in [1.54, 1.807) is 41.0 Å². The Morgan fingerprint density at radius 3 is 1.11 bits per heavy atom. The molecule has 1 fully saturated rings. The van der Waals surface area contributed by atoms with E-state index in [2.05, 4.69) is 168 Å². The Balaban J connectivity index is 0.000000396. The molecule has 0 aliphatic carbocycles. The number of hydrogen-bond donors (Lipinski definition) is 8. The van der Waals surface area contributed by atoms with Crippen molar-refractivity contribution in [3.05, 3.63) is 198 Å². The van der Waals surface area contributed by atoms with E-state index in [0.717, 1.165) is 150 Å². The molecular formula is C88H113Br3F4N22O12. The number of carbonyl (C=O) groups is 4. The lowest BCUT2D eigenvalue weighted by atomic mass is 10.1. The van der Waals surface area contributed by atoms with E-state index >= 15 is 0 Å². The van der Waals surface area contributed by atoms with Crippen LogP contribution in [-0.4, -0.2) is 176 Å². The van der Waals surface area contributed by atoms with Crippen LogP contribution in [0.4, 0.5) is 40.8 Å². The number of unbranched alkanes of at least 4 members (excludes halogenated alkanes) is 4. The summed E-state index contributed by atoms with van der Waals surface area (Å²) >= 11 is 9.92. The summed E-state index contributed by atoms with van der Waals surface area (Å²) in [6.45, 7) is 14.4. The molecule has 0 amide bonds. The van der Waals surface area contributed by atoms with E-state index in [1.807, 2.05) is 72.8 Å². The number of ether oxygens (including phenoxy) is 6. The second-order valence-corrected chi connectivity index (χ2v) is 28.6. The summed E-state index contributed by atoms with van der Waals surface area (Å²) in [5.74, 6) is 0.990. The van der Waals surface area contributed by atoms with Gasteiger partial charge in [-0.1, -0.05) is 214 Å². The number of fused-ring (bicyclic) bond motifs is 4. The third-order valence-corrected chi connectivity index (χ3v) is 19.4. The highest BCUT2D eigenvalue weighted by atomic mass is 79.9. The molecule has 14 rings (SSSR count). The van der Waals surface area contributed by atoms with Gasteiger partial charge < -0.3 is 71.3 Å². The molecule has 41 heteroatoms. The van der Waals surface area contributed by atoms with E-state index in [9.17, 15) is 41.5 Å². The first kappa shape index (κ1) is 109. The number of rotatable bonds is 30. The predicted molar refractivity (Wildman–Crippen MR) is 505 cm³/mol. The lowest BCUT2D eigenvalue weighted by Gasteiger charge is -2.15. The molecular weight excluding hydrogens is 1870 g/mol. The normalized spacial score (nSPS) is 11.0. The zero-order valence-electron chi connectivity index (χ0n) is 71.2. The summed E-state index contributed by atoms with van der Waals surface area (Å²) < 4.78 is 81.6. The number of nitrogen functional groups attached to an aromatic ring is 4. The zero-order chi connectivity index (χ0) is 92.6. The third-order valence-electron chi connectivity index (χ3n) is 17.4. The summed E-state index contributed by atoms with van der Waals surface area (Å²) in [6, 6.07) is 41.6. The monoisotopic (exact) mass is 1980 g/mol. The Labute approximate surface area is 771 Å². The number of anilines is 4. The van der Waals surface area contributed by atoms with Crippen LogP contribution in [0.15, 0.2) is 131 Å². The number of hydrogen-bond acceptors (Lipinski definition) is 28. The lowest BCUT2D eigenvalue weighted by Crippen LogP contribution is -2.19. The number of aldehydes is 4. The number of nitrogens with one attached hydrogen (secondary N) is 4. The van der Waals surface area contributed by atoms with Gasteiger partial charge in [-0.2, -0.15) is 68.3 Å². The quantitative estimate of drug-likeness (QED) is 0.00897. The van der Waals surface area contributed by atoms with Gasteiger partial charge in [0.1, 0.15) is 40.9 Å². The lowest BCUT2D eigenvalue weighted by molar-refractivity contribution is -0.156. The van der Waals surface area contributed by atoms with Crippen molar-refractivity contribution in [1.29, 1.82) is 5.26 Å². The Hall–Kier alpha value is -12.8. The maximum absolute atomic E-state index is 12.6. The van der Waals surface area contributed by atoms with Crippen LogP contribution in [0.3, 0.4) is 0 Å². The largest absolute Gasteiger partial charge is 0.468 e. The standard InChI is InChI=1S/C21H28N6O2.C17H19N5O3.2C10H15N5O2.C8H6BrN.2C8H7BrO.C2HF3O.CH3F.3CH4/c1-2-3-11-29-20-24-18(22)17-19(25-20)27(21(28)23-17)14-16-8-6-7-15(12-16)13-26-9-4-5-10-26;1-2-3-7-25-16-20-14(18)13-15(21-16)22(17(24)19-13)9-11-5-4-6-12(8-11)10-23;2*1-3-4-5-17-10-13-7(11)6-8(15-10)14-9(12-6)16-2;3*9-5-7-2-1-3-8(4-7)6-10;3-2(4,5)1-6;1-2;;;/h6-8,12H,2-5,9-11,13-14H2,1H3,(H,23,28)(H2,22,24,25);4-6,8,10H,2-3,7,9H2,1H3,(H,19,24)(H2,18,20,21);2*3-5H2,1-2H3,(H3,11,12,13,14,15);1-4H,5H2;2*1-4,6H,5H2;1H;1H3;3*1H4/i;;;;;;;;1D;;;. The second-order valence-electron chi connectivity index (χ2n) is 27.0. The van der Waals surface area contributed by atoms with Crippen LogP contribution in [-0.2, 0) is 40.4 Å². The van der Waals surface area contributed by atoms with E-state index in [-0.39, 0.29) is 75.9 Å². The van der Waals surface area contributed by atoms with Crippen LogP contribution < -0.4 is 62.7 Å². The zero-order valence-corrected chi connectivity index (χ0v) is 75.0. The van der Waals surface area contributed by atoms with Gasteiger partial charge in [-0.25, -0.2) is 9.59 Å². The Bertz CT molecular complexity index is 5630. The third kappa shape index (κ3) is 36.5. The predicted octanol–water partition coefficient (Wildman–Crippen LogP) is 17.0. The number of alkyl halides is 7. The molecule has 696 valence electrons. The molecule has 9 heterocycles. The summed E-state index contributed by atoms with van der Waals surface area (Å²) in [5.41, 5.74) is 35.8. The number of benzene rings is 5. The van der Waals surface area contributed by atoms with Crippen molar-refractivity contribution in [3.63, 3.8) is 0 Å². The number of nitrogens with zero attached hydrogens (tertiary/aromatic N) is 14. The number of nitrogens with two attached hydrogens (primary N) is 4. The van der Waals surface area contributed by atoms with E-state index in [0.29, 0.717) is 107 Å². The first-order valence-electron chi connectivity index (χ1n) is 40.2. The minimum atomic E-state index is -4.64. The molecule has 1 aliphatic heterocycles. The second kappa shape index (κ2) is 59.3. The molecule has 8 aromatic heterocycles. The van der Waals surface area contributed by atoms with Gasteiger partial charge >= 0.3 is 41.6 Å². The maximum atomic E-state index is 12.6. The fourth-order valence-corrected chi connectivity index (χ4v) is 12.2. The van der Waals surface area contributed by atoms with Gasteiger partial charge in [0.15, 0.2) is 45.9 Å². The fraction of sp³-hybridized carbons (Fsp3) is 0.375. The van der Waals surface area contributed by atoms with Crippen LogP contribution >= 0.6 is 47.8 Å². The SMILES string of the molecule is C.C.C.CCCCOc1nc(N)c2[nH]c(=O)n(Cc3cccc(C=O)c3)c2n1.CCCCOc1nc(N)c2[nH]c(=O)n(Cc3cccc(CN4CCCC4)c3)c2n1.CCCCOc1nc(N)c2[nH]c(OC)nc2n1.CCCCOc1nc(N)c2[nH]c(OC)nc2n1.N#Cc1cccc(CBr)c1.O=CC(F)(F)F.O=Cc1cccc(CBr)c1.O=Cc1cccc(CBr)c1.[2H]CF.